The molecule has 1 amide bonds. The molecule has 9 heteroatoms. The number of nitrogens with zero attached hydrogens (tertiary/aromatic N) is 1. The number of amides is 1. The van der Waals surface area contributed by atoms with Gasteiger partial charge in [0.2, 0.25) is 0 Å². The third-order valence-electron chi connectivity index (χ3n) is 3.32. The first-order valence-electron chi connectivity index (χ1n) is 8.13. The molecule has 0 saturated carbocycles. The Labute approximate surface area is 155 Å². The van der Waals surface area contributed by atoms with E-state index in [0.717, 1.165) is 0 Å². The third-order valence-corrected chi connectivity index (χ3v) is 3.32. The van der Waals surface area contributed by atoms with E-state index in [1.807, 2.05) is 6.07 Å². The highest BCUT2D eigenvalue weighted by atomic mass is 16.6. The number of nitro benzene ring substituents is 1. The minimum absolute atomic E-state index is 0.00640. The molecule has 27 heavy (non-hydrogen) atoms. The summed E-state index contributed by atoms with van der Waals surface area (Å²) in [6.45, 7) is 0.0377. The van der Waals surface area contributed by atoms with Crippen molar-refractivity contribution in [3.05, 3.63) is 64.7 Å². The Balaban J connectivity index is 1.56. The second-order valence-corrected chi connectivity index (χ2v) is 5.34. The lowest BCUT2D eigenvalue weighted by Gasteiger charge is -2.09. The van der Waals surface area contributed by atoms with Crippen molar-refractivity contribution >= 4 is 23.3 Å². The Morgan fingerprint density at radius 1 is 0.963 bits per heavy atom. The van der Waals surface area contributed by atoms with Gasteiger partial charge in [-0.15, -0.1) is 0 Å². The number of nitrogens with one attached hydrogen (secondary N) is 2. The van der Waals surface area contributed by atoms with Crippen LogP contribution in [-0.2, 0) is 14.3 Å². The first-order chi connectivity index (χ1) is 13.0. The van der Waals surface area contributed by atoms with Crippen molar-refractivity contribution in [3.8, 4) is 5.75 Å². The van der Waals surface area contributed by atoms with Gasteiger partial charge in [0.1, 0.15) is 5.75 Å². The Morgan fingerprint density at radius 3 is 2.33 bits per heavy atom. The highest BCUT2D eigenvalue weighted by Gasteiger charge is 2.08. The van der Waals surface area contributed by atoms with E-state index in [2.05, 4.69) is 10.6 Å². The molecule has 0 bridgehead atoms. The Morgan fingerprint density at radius 2 is 1.67 bits per heavy atom. The maximum absolute atomic E-state index is 11.6. The summed E-state index contributed by atoms with van der Waals surface area (Å²) in [5.74, 6) is -0.539. The van der Waals surface area contributed by atoms with Crippen LogP contribution in [0, 0.1) is 10.1 Å². The number of hydrogen-bond acceptors (Lipinski definition) is 7. The topological polar surface area (TPSA) is 120 Å². The summed E-state index contributed by atoms with van der Waals surface area (Å²) in [4.78, 5) is 33.2. The number of carbonyl (C=O) groups excluding carboxylic acids is 2. The van der Waals surface area contributed by atoms with Crippen LogP contribution in [0.15, 0.2) is 54.6 Å². The SMILES string of the molecule is O=C(COC(=O)COc1ccccc1)NCCNc1ccc([N+](=O)[O-])cc1. The van der Waals surface area contributed by atoms with Crippen LogP contribution in [0.1, 0.15) is 0 Å². The van der Waals surface area contributed by atoms with E-state index < -0.39 is 23.4 Å². The molecule has 0 unspecified atom stereocenters. The monoisotopic (exact) mass is 373 g/mol. The lowest BCUT2D eigenvalue weighted by molar-refractivity contribution is -0.384. The molecule has 0 radical (unpaired) electrons. The van der Waals surface area contributed by atoms with Gasteiger partial charge in [0, 0.05) is 30.9 Å². The van der Waals surface area contributed by atoms with Crippen molar-refractivity contribution < 1.29 is 24.0 Å². The first kappa shape index (κ1) is 19.7. The van der Waals surface area contributed by atoms with Gasteiger partial charge in [-0.1, -0.05) is 18.2 Å². The molecule has 2 aromatic rings. The lowest BCUT2D eigenvalue weighted by atomic mass is 10.3. The molecule has 0 spiro atoms. The summed E-state index contributed by atoms with van der Waals surface area (Å²) in [7, 11) is 0. The standard InChI is InChI=1S/C18H19N3O6/c22-17(12-27-18(23)13-26-16-4-2-1-3-5-16)20-11-10-19-14-6-8-15(9-7-14)21(24)25/h1-9,19H,10-13H2,(H,20,22). The number of anilines is 1. The number of rotatable bonds is 10. The molecular formula is C18H19N3O6. The van der Waals surface area contributed by atoms with Crippen molar-refractivity contribution in [2.24, 2.45) is 0 Å². The van der Waals surface area contributed by atoms with Gasteiger partial charge in [-0.25, -0.2) is 4.79 Å². The highest BCUT2D eigenvalue weighted by Crippen LogP contribution is 2.14. The summed E-state index contributed by atoms with van der Waals surface area (Å²) in [6.07, 6.45) is 0. The average molecular weight is 373 g/mol. The van der Waals surface area contributed by atoms with Crippen molar-refractivity contribution in [1.29, 1.82) is 0 Å². The molecule has 0 saturated heterocycles. The molecule has 0 aliphatic heterocycles. The lowest BCUT2D eigenvalue weighted by Crippen LogP contribution is -2.33. The number of non-ortho nitro benzene ring substituents is 1. The Hall–Kier alpha value is -3.62. The van der Waals surface area contributed by atoms with Gasteiger partial charge in [-0.05, 0) is 24.3 Å². The second-order valence-electron chi connectivity index (χ2n) is 5.34. The largest absolute Gasteiger partial charge is 0.482 e. The molecule has 0 atom stereocenters. The third kappa shape index (κ3) is 7.43. The van der Waals surface area contributed by atoms with E-state index in [1.54, 1.807) is 36.4 Å². The van der Waals surface area contributed by atoms with Crippen LogP contribution in [0.5, 0.6) is 5.75 Å². The minimum Gasteiger partial charge on any atom is -0.482 e. The molecule has 2 N–H and O–H groups in total. The number of ether oxygens (including phenoxy) is 2. The number of para-hydroxylation sites is 1. The number of carbonyl (C=O) groups is 2. The molecule has 0 aliphatic rings. The molecular weight excluding hydrogens is 354 g/mol. The zero-order chi connectivity index (χ0) is 19.5. The van der Waals surface area contributed by atoms with Crippen molar-refractivity contribution in [2.75, 3.05) is 31.6 Å². The molecule has 2 rings (SSSR count). The number of hydrogen-bond donors (Lipinski definition) is 2. The van der Waals surface area contributed by atoms with E-state index in [4.69, 9.17) is 9.47 Å². The van der Waals surface area contributed by atoms with E-state index in [0.29, 0.717) is 24.5 Å². The van der Waals surface area contributed by atoms with E-state index in [1.165, 1.54) is 12.1 Å². The summed E-state index contributed by atoms with van der Waals surface area (Å²) >= 11 is 0. The van der Waals surface area contributed by atoms with Crippen LogP contribution in [0.25, 0.3) is 0 Å². The normalized spacial score (nSPS) is 9.93. The van der Waals surface area contributed by atoms with E-state index in [9.17, 15) is 19.7 Å². The molecule has 0 aliphatic carbocycles. The van der Waals surface area contributed by atoms with Gasteiger partial charge >= 0.3 is 5.97 Å². The highest BCUT2D eigenvalue weighted by molar-refractivity contribution is 5.80. The zero-order valence-electron chi connectivity index (χ0n) is 14.4. The van der Waals surface area contributed by atoms with Gasteiger partial charge in [-0.2, -0.15) is 0 Å². The van der Waals surface area contributed by atoms with Gasteiger partial charge < -0.3 is 20.1 Å². The smallest absolute Gasteiger partial charge is 0.344 e. The summed E-state index contributed by atoms with van der Waals surface area (Å²) < 4.78 is 10.0. The van der Waals surface area contributed by atoms with Crippen LogP contribution in [0.2, 0.25) is 0 Å². The average Bonchev–Trinajstić information content (AvgIpc) is 2.69. The number of nitro groups is 1. The summed E-state index contributed by atoms with van der Waals surface area (Å²) in [6, 6.07) is 14.7. The maximum atomic E-state index is 11.6. The first-order valence-corrected chi connectivity index (χ1v) is 8.13. The van der Waals surface area contributed by atoms with E-state index >= 15 is 0 Å². The fourth-order valence-electron chi connectivity index (χ4n) is 2.01. The van der Waals surface area contributed by atoms with Crippen LogP contribution in [0.4, 0.5) is 11.4 Å². The minimum atomic E-state index is -0.641. The predicted octanol–water partition coefficient (Wildman–Crippen LogP) is 1.75. The van der Waals surface area contributed by atoms with Gasteiger partial charge in [0.25, 0.3) is 11.6 Å². The predicted molar refractivity (Wildman–Crippen MR) is 97.5 cm³/mol. The van der Waals surface area contributed by atoms with Crippen LogP contribution < -0.4 is 15.4 Å². The van der Waals surface area contributed by atoms with Gasteiger partial charge in [0.05, 0.1) is 4.92 Å². The molecule has 142 valence electrons. The van der Waals surface area contributed by atoms with Crippen LogP contribution in [-0.4, -0.2) is 43.1 Å². The summed E-state index contributed by atoms with van der Waals surface area (Å²) in [5.41, 5.74) is 0.700. The van der Waals surface area contributed by atoms with Gasteiger partial charge in [-0.3, -0.25) is 14.9 Å². The quantitative estimate of drug-likeness (QED) is 0.282. The molecule has 2 aromatic carbocycles. The van der Waals surface area contributed by atoms with Crippen molar-refractivity contribution in [3.63, 3.8) is 0 Å². The number of esters is 1. The molecule has 0 heterocycles. The van der Waals surface area contributed by atoms with Crippen molar-refractivity contribution in [1.82, 2.24) is 5.32 Å². The van der Waals surface area contributed by atoms with E-state index in [-0.39, 0.29) is 12.3 Å². The second kappa shape index (κ2) is 10.4. The van der Waals surface area contributed by atoms with Gasteiger partial charge in [0.15, 0.2) is 13.2 Å². The van der Waals surface area contributed by atoms with Crippen molar-refractivity contribution in [2.45, 2.75) is 0 Å². The number of benzene rings is 2. The molecule has 9 nitrogen and oxygen atoms in total. The molecule has 0 aromatic heterocycles. The fraction of sp³-hybridized carbons (Fsp3) is 0.222. The fourth-order valence-corrected chi connectivity index (χ4v) is 2.01. The Kier molecular flexibility index (Phi) is 7.58. The summed E-state index contributed by atoms with van der Waals surface area (Å²) in [5, 5.41) is 16.2. The van der Waals surface area contributed by atoms with Crippen LogP contribution >= 0.6 is 0 Å². The zero-order valence-corrected chi connectivity index (χ0v) is 14.4. The van der Waals surface area contributed by atoms with Crippen LogP contribution in [0.3, 0.4) is 0 Å². The Bertz CT molecular complexity index is 764. The molecule has 0 fully saturated rings. The maximum Gasteiger partial charge on any atom is 0.344 e.